The number of hydrogen-bond acceptors (Lipinski definition) is 2. The standard InChI is InChI=1S/C11H21N5/c1-10(2)15-11(12-3)14-5-4-7-16-8-6-13-9-16/h6,8-10H,4-5,7H2,1-3H3,(H2,12,14,15). The molecule has 1 heterocycles. The molecule has 90 valence electrons. The zero-order chi connectivity index (χ0) is 11.8. The van der Waals surface area contributed by atoms with Gasteiger partial charge in [-0.1, -0.05) is 0 Å². The molecule has 2 N–H and O–H groups in total. The predicted octanol–water partition coefficient (Wildman–Crippen LogP) is 0.847. The minimum atomic E-state index is 0.403. The molecule has 0 radical (unpaired) electrons. The first-order valence-electron chi connectivity index (χ1n) is 5.65. The summed E-state index contributed by atoms with van der Waals surface area (Å²) in [5.74, 6) is 0.862. The summed E-state index contributed by atoms with van der Waals surface area (Å²) in [4.78, 5) is 8.14. The van der Waals surface area contributed by atoms with Gasteiger partial charge in [-0.3, -0.25) is 4.99 Å². The van der Waals surface area contributed by atoms with Crippen LogP contribution in [0.15, 0.2) is 23.7 Å². The number of rotatable bonds is 5. The van der Waals surface area contributed by atoms with Crippen LogP contribution in [0.3, 0.4) is 0 Å². The number of imidazole rings is 1. The number of nitrogens with one attached hydrogen (secondary N) is 2. The fourth-order valence-electron chi connectivity index (χ4n) is 1.36. The van der Waals surface area contributed by atoms with Crippen molar-refractivity contribution >= 4 is 5.96 Å². The van der Waals surface area contributed by atoms with Gasteiger partial charge in [0.1, 0.15) is 0 Å². The largest absolute Gasteiger partial charge is 0.356 e. The van der Waals surface area contributed by atoms with E-state index in [1.807, 2.05) is 12.5 Å². The smallest absolute Gasteiger partial charge is 0.191 e. The number of aryl methyl sites for hydroxylation is 1. The van der Waals surface area contributed by atoms with Crippen molar-refractivity contribution < 1.29 is 0 Å². The van der Waals surface area contributed by atoms with Crippen molar-refractivity contribution in [2.75, 3.05) is 13.6 Å². The first kappa shape index (κ1) is 12.5. The number of nitrogens with zero attached hydrogens (tertiary/aromatic N) is 3. The van der Waals surface area contributed by atoms with Gasteiger partial charge in [0.15, 0.2) is 5.96 Å². The van der Waals surface area contributed by atoms with Crippen LogP contribution in [0.1, 0.15) is 20.3 Å². The first-order valence-corrected chi connectivity index (χ1v) is 5.65. The molecule has 1 rings (SSSR count). The molecule has 0 saturated heterocycles. The van der Waals surface area contributed by atoms with Crippen molar-refractivity contribution in [2.24, 2.45) is 4.99 Å². The van der Waals surface area contributed by atoms with Gasteiger partial charge in [-0.15, -0.1) is 0 Å². The van der Waals surface area contributed by atoms with E-state index < -0.39 is 0 Å². The molecular weight excluding hydrogens is 202 g/mol. The molecular formula is C11H21N5. The fourth-order valence-corrected chi connectivity index (χ4v) is 1.36. The summed E-state index contributed by atoms with van der Waals surface area (Å²) >= 11 is 0. The zero-order valence-electron chi connectivity index (χ0n) is 10.3. The topological polar surface area (TPSA) is 54.2 Å². The number of aromatic nitrogens is 2. The molecule has 0 spiro atoms. The molecule has 1 aromatic rings. The highest BCUT2D eigenvalue weighted by atomic mass is 15.2. The van der Waals surface area contributed by atoms with E-state index in [2.05, 4.69) is 39.0 Å². The molecule has 5 nitrogen and oxygen atoms in total. The number of aliphatic imine (C=N–C) groups is 1. The third kappa shape index (κ3) is 4.82. The van der Waals surface area contributed by atoms with Gasteiger partial charge in [-0.05, 0) is 20.3 Å². The van der Waals surface area contributed by atoms with Crippen molar-refractivity contribution in [3.8, 4) is 0 Å². The lowest BCUT2D eigenvalue weighted by atomic mass is 10.4. The maximum absolute atomic E-state index is 4.14. The van der Waals surface area contributed by atoms with Crippen LogP contribution in [0.2, 0.25) is 0 Å². The SMILES string of the molecule is CN=C(NCCCn1ccnc1)NC(C)C. The Morgan fingerprint density at radius 2 is 2.31 bits per heavy atom. The molecule has 16 heavy (non-hydrogen) atoms. The van der Waals surface area contributed by atoms with Crippen molar-refractivity contribution in [1.82, 2.24) is 20.2 Å². The van der Waals surface area contributed by atoms with Gasteiger partial charge in [-0.2, -0.15) is 0 Å². The van der Waals surface area contributed by atoms with Gasteiger partial charge >= 0.3 is 0 Å². The van der Waals surface area contributed by atoms with E-state index >= 15 is 0 Å². The van der Waals surface area contributed by atoms with E-state index in [9.17, 15) is 0 Å². The molecule has 0 aliphatic heterocycles. The summed E-state index contributed by atoms with van der Waals surface area (Å²) in [6, 6.07) is 0.403. The Hall–Kier alpha value is -1.52. The van der Waals surface area contributed by atoms with E-state index in [1.165, 1.54) is 0 Å². The maximum Gasteiger partial charge on any atom is 0.191 e. The summed E-state index contributed by atoms with van der Waals surface area (Å²) in [5, 5.41) is 6.51. The summed E-state index contributed by atoms with van der Waals surface area (Å²) in [7, 11) is 1.79. The van der Waals surface area contributed by atoms with Crippen LogP contribution in [-0.2, 0) is 6.54 Å². The first-order chi connectivity index (χ1) is 7.72. The Labute approximate surface area is 97.0 Å². The number of guanidine groups is 1. The Balaban J connectivity index is 2.14. The van der Waals surface area contributed by atoms with Crippen LogP contribution in [-0.4, -0.2) is 35.1 Å². The average molecular weight is 223 g/mol. The lowest BCUT2D eigenvalue weighted by Gasteiger charge is -2.14. The van der Waals surface area contributed by atoms with Crippen LogP contribution in [0.5, 0.6) is 0 Å². The lowest BCUT2D eigenvalue weighted by molar-refractivity contribution is 0.618. The van der Waals surface area contributed by atoms with Crippen molar-refractivity contribution in [3.05, 3.63) is 18.7 Å². The van der Waals surface area contributed by atoms with Crippen LogP contribution in [0.4, 0.5) is 0 Å². The normalized spacial score (nSPS) is 11.9. The Morgan fingerprint density at radius 1 is 1.50 bits per heavy atom. The minimum Gasteiger partial charge on any atom is -0.356 e. The second-order valence-electron chi connectivity index (χ2n) is 3.95. The molecule has 0 aliphatic carbocycles. The highest BCUT2D eigenvalue weighted by Crippen LogP contribution is 1.89. The molecule has 5 heteroatoms. The Bertz CT molecular complexity index is 302. The molecule has 0 unspecified atom stereocenters. The lowest BCUT2D eigenvalue weighted by Crippen LogP contribution is -2.41. The summed E-state index contributed by atoms with van der Waals surface area (Å²) in [6.45, 7) is 6.08. The van der Waals surface area contributed by atoms with Gasteiger partial charge in [0.25, 0.3) is 0 Å². The van der Waals surface area contributed by atoms with Gasteiger partial charge in [-0.25, -0.2) is 4.98 Å². The summed E-state index contributed by atoms with van der Waals surface area (Å²) < 4.78 is 2.07. The highest BCUT2D eigenvalue weighted by Gasteiger charge is 1.98. The monoisotopic (exact) mass is 223 g/mol. The molecule has 0 aromatic carbocycles. The van der Waals surface area contributed by atoms with E-state index in [0.29, 0.717) is 6.04 Å². The minimum absolute atomic E-state index is 0.403. The molecule has 0 amide bonds. The van der Waals surface area contributed by atoms with Crippen molar-refractivity contribution in [3.63, 3.8) is 0 Å². The Kier molecular flexibility index (Phi) is 5.39. The van der Waals surface area contributed by atoms with E-state index in [1.54, 1.807) is 13.2 Å². The molecule has 0 bridgehead atoms. The molecule has 0 saturated carbocycles. The predicted molar refractivity (Wildman–Crippen MR) is 66.5 cm³/mol. The molecule has 0 aliphatic rings. The third-order valence-electron chi connectivity index (χ3n) is 2.09. The molecule has 1 aromatic heterocycles. The van der Waals surface area contributed by atoms with E-state index in [-0.39, 0.29) is 0 Å². The van der Waals surface area contributed by atoms with Crippen LogP contribution in [0.25, 0.3) is 0 Å². The number of hydrogen-bond donors (Lipinski definition) is 2. The maximum atomic E-state index is 4.14. The summed E-state index contributed by atoms with van der Waals surface area (Å²) in [5.41, 5.74) is 0. The zero-order valence-corrected chi connectivity index (χ0v) is 10.3. The van der Waals surface area contributed by atoms with E-state index in [0.717, 1.165) is 25.5 Å². The second kappa shape index (κ2) is 6.87. The third-order valence-corrected chi connectivity index (χ3v) is 2.09. The van der Waals surface area contributed by atoms with Gasteiger partial charge in [0.2, 0.25) is 0 Å². The van der Waals surface area contributed by atoms with Gasteiger partial charge in [0, 0.05) is 38.6 Å². The van der Waals surface area contributed by atoms with Gasteiger partial charge < -0.3 is 15.2 Å². The van der Waals surface area contributed by atoms with Crippen molar-refractivity contribution in [2.45, 2.75) is 32.9 Å². The fraction of sp³-hybridized carbons (Fsp3) is 0.636. The highest BCUT2D eigenvalue weighted by molar-refractivity contribution is 5.79. The second-order valence-corrected chi connectivity index (χ2v) is 3.95. The quantitative estimate of drug-likeness (QED) is 0.442. The van der Waals surface area contributed by atoms with Gasteiger partial charge in [0.05, 0.1) is 6.33 Å². The molecule has 0 fully saturated rings. The average Bonchev–Trinajstić information content (AvgIpc) is 2.74. The van der Waals surface area contributed by atoms with Crippen molar-refractivity contribution in [1.29, 1.82) is 0 Å². The molecule has 0 atom stereocenters. The van der Waals surface area contributed by atoms with Crippen LogP contribution in [0, 0.1) is 0 Å². The summed E-state index contributed by atoms with van der Waals surface area (Å²) in [6.07, 6.45) is 6.66. The van der Waals surface area contributed by atoms with Crippen LogP contribution >= 0.6 is 0 Å². The van der Waals surface area contributed by atoms with Crippen LogP contribution < -0.4 is 10.6 Å². The van der Waals surface area contributed by atoms with E-state index in [4.69, 9.17) is 0 Å². The Morgan fingerprint density at radius 3 is 2.88 bits per heavy atom.